The minimum atomic E-state index is 0. The minimum absolute atomic E-state index is 0. The van der Waals surface area contributed by atoms with Gasteiger partial charge in [0.25, 0.3) is 0 Å². The maximum absolute atomic E-state index is 5.18. The van der Waals surface area contributed by atoms with Crippen molar-refractivity contribution in [2.45, 2.75) is 26.6 Å². The number of hydrogen-bond donors (Lipinski definition) is 1. The molecule has 0 spiro atoms. The number of guanidine groups is 1. The molecule has 0 amide bonds. The average Bonchev–Trinajstić information content (AvgIpc) is 2.93. The topological polar surface area (TPSA) is 49.8 Å². The van der Waals surface area contributed by atoms with Gasteiger partial charge >= 0.3 is 0 Å². The van der Waals surface area contributed by atoms with Crippen molar-refractivity contribution in [1.29, 1.82) is 0 Å². The SMILES string of the molecule is CN=C(NCc1cccc(COC)c1)N(C)Cc1csc(C)n1.I. The summed E-state index contributed by atoms with van der Waals surface area (Å²) < 4.78 is 5.18. The zero-order chi connectivity index (χ0) is 16.7. The molecule has 1 heterocycles. The number of hydrogen-bond acceptors (Lipinski definition) is 4. The molecule has 0 saturated carbocycles. The van der Waals surface area contributed by atoms with E-state index in [4.69, 9.17) is 4.74 Å². The number of aromatic nitrogens is 1. The van der Waals surface area contributed by atoms with Crippen LogP contribution in [0.15, 0.2) is 34.6 Å². The normalized spacial score (nSPS) is 11.1. The van der Waals surface area contributed by atoms with Crippen molar-refractivity contribution >= 4 is 41.3 Å². The number of thiazole rings is 1. The van der Waals surface area contributed by atoms with Gasteiger partial charge in [-0.2, -0.15) is 0 Å². The lowest BCUT2D eigenvalue weighted by molar-refractivity contribution is 0.185. The summed E-state index contributed by atoms with van der Waals surface area (Å²) in [7, 11) is 5.53. The molecule has 0 aliphatic rings. The quantitative estimate of drug-likeness (QED) is 0.408. The first-order chi connectivity index (χ1) is 11.1. The van der Waals surface area contributed by atoms with Gasteiger partial charge in [0, 0.05) is 33.1 Å². The zero-order valence-electron chi connectivity index (χ0n) is 14.6. The van der Waals surface area contributed by atoms with E-state index in [1.54, 1.807) is 25.5 Å². The molecule has 2 rings (SSSR count). The van der Waals surface area contributed by atoms with Crippen molar-refractivity contribution in [2.24, 2.45) is 4.99 Å². The van der Waals surface area contributed by atoms with E-state index in [9.17, 15) is 0 Å². The summed E-state index contributed by atoms with van der Waals surface area (Å²) in [5.41, 5.74) is 3.45. The highest BCUT2D eigenvalue weighted by atomic mass is 127. The van der Waals surface area contributed by atoms with Crippen LogP contribution in [0.3, 0.4) is 0 Å². The van der Waals surface area contributed by atoms with Crippen LogP contribution in [0.1, 0.15) is 21.8 Å². The molecule has 0 saturated heterocycles. The van der Waals surface area contributed by atoms with Crippen LogP contribution in [-0.2, 0) is 24.4 Å². The van der Waals surface area contributed by atoms with Gasteiger partial charge in [-0.05, 0) is 18.1 Å². The Hall–Kier alpha value is -1.19. The molecule has 0 aliphatic carbocycles. The van der Waals surface area contributed by atoms with Crippen molar-refractivity contribution in [3.05, 3.63) is 51.5 Å². The van der Waals surface area contributed by atoms with Crippen molar-refractivity contribution < 1.29 is 4.74 Å². The third-order valence-corrected chi connectivity index (χ3v) is 4.21. The number of rotatable bonds is 6. The third kappa shape index (κ3) is 6.37. The van der Waals surface area contributed by atoms with Gasteiger partial charge in [-0.3, -0.25) is 4.99 Å². The molecule has 0 bridgehead atoms. The zero-order valence-corrected chi connectivity index (χ0v) is 17.7. The average molecular weight is 460 g/mol. The molecule has 7 heteroatoms. The lowest BCUT2D eigenvalue weighted by Crippen LogP contribution is -2.38. The number of aliphatic imine (C=N–C) groups is 1. The van der Waals surface area contributed by atoms with Crippen LogP contribution in [0.25, 0.3) is 0 Å². The van der Waals surface area contributed by atoms with Crippen LogP contribution in [-0.4, -0.2) is 37.0 Å². The van der Waals surface area contributed by atoms with E-state index in [1.807, 2.05) is 14.0 Å². The van der Waals surface area contributed by atoms with Gasteiger partial charge in [-0.25, -0.2) is 4.98 Å². The van der Waals surface area contributed by atoms with Crippen molar-refractivity contribution in [3.8, 4) is 0 Å². The van der Waals surface area contributed by atoms with Gasteiger partial charge in [0.05, 0.1) is 23.9 Å². The van der Waals surface area contributed by atoms with E-state index in [2.05, 4.69) is 49.8 Å². The van der Waals surface area contributed by atoms with Gasteiger partial charge in [-0.15, -0.1) is 35.3 Å². The second kappa shape index (κ2) is 10.6. The van der Waals surface area contributed by atoms with Crippen LogP contribution in [0.4, 0.5) is 0 Å². The first-order valence-corrected chi connectivity index (χ1v) is 8.40. The monoisotopic (exact) mass is 460 g/mol. The maximum Gasteiger partial charge on any atom is 0.194 e. The first kappa shape index (κ1) is 20.9. The number of halogens is 1. The molecular formula is C17H25IN4OS. The van der Waals surface area contributed by atoms with E-state index in [1.165, 1.54) is 11.1 Å². The molecule has 5 nitrogen and oxygen atoms in total. The van der Waals surface area contributed by atoms with Crippen LogP contribution >= 0.6 is 35.3 Å². The summed E-state index contributed by atoms with van der Waals surface area (Å²) >= 11 is 1.67. The van der Waals surface area contributed by atoms with Gasteiger partial charge in [0.15, 0.2) is 5.96 Å². The molecule has 1 aromatic carbocycles. The number of nitrogens with one attached hydrogen (secondary N) is 1. The van der Waals surface area contributed by atoms with Gasteiger partial charge < -0.3 is 15.0 Å². The predicted molar refractivity (Wildman–Crippen MR) is 111 cm³/mol. The summed E-state index contributed by atoms with van der Waals surface area (Å²) in [5, 5.41) is 6.57. The molecule has 0 aliphatic heterocycles. The molecule has 132 valence electrons. The van der Waals surface area contributed by atoms with E-state index in [-0.39, 0.29) is 24.0 Å². The highest BCUT2D eigenvalue weighted by Gasteiger charge is 2.08. The fourth-order valence-electron chi connectivity index (χ4n) is 2.36. The summed E-state index contributed by atoms with van der Waals surface area (Å²) in [6.07, 6.45) is 0. The highest BCUT2D eigenvalue weighted by Crippen LogP contribution is 2.10. The standard InChI is InChI=1S/C17H24N4OS.HI/c1-13-20-16(12-23-13)10-21(3)17(18-2)19-9-14-6-5-7-15(8-14)11-22-4;/h5-8,12H,9-11H2,1-4H3,(H,18,19);1H. The highest BCUT2D eigenvalue weighted by molar-refractivity contribution is 14.0. The van der Waals surface area contributed by atoms with Crippen LogP contribution < -0.4 is 5.32 Å². The third-order valence-electron chi connectivity index (χ3n) is 3.39. The number of methoxy groups -OCH3 is 1. The predicted octanol–water partition coefficient (Wildman–Crippen LogP) is 3.42. The minimum Gasteiger partial charge on any atom is -0.380 e. The van der Waals surface area contributed by atoms with Crippen molar-refractivity contribution in [1.82, 2.24) is 15.2 Å². The lowest BCUT2D eigenvalue weighted by Gasteiger charge is -2.21. The van der Waals surface area contributed by atoms with Crippen LogP contribution in [0.2, 0.25) is 0 Å². The molecule has 24 heavy (non-hydrogen) atoms. The van der Waals surface area contributed by atoms with Crippen molar-refractivity contribution in [3.63, 3.8) is 0 Å². The Labute approximate surface area is 165 Å². The molecule has 0 radical (unpaired) electrons. The molecule has 1 N–H and O–H groups in total. The Morgan fingerprint density at radius 3 is 2.75 bits per heavy atom. The van der Waals surface area contributed by atoms with Crippen molar-refractivity contribution in [2.75, 3.05) is 21.2 Å². The lowest BCUT2D eigenvalue weighted by atomic mass is 10.1. The van der Waals surface area contributed by atoms with Gasteiger partial charge in [-0.1, -0.05) is 24.3 Å². The van der Waals surface area contributed by atoms with Gasteiger partial charge in [0.1, 0.15) is 0 Å². The molecule has 0 atom stereocenters. The smallest absolute Gasteiger partial charge is 0.194 e. The largest absolute Gasteiger partial charge is 0.380 e. The maximum atomic E-state index is 5.18. The van der Waals surface area contributed by atoms with E-state index in [0.717, 1.165) is 29.8 Å². The summed E-state index contributed by atoms with van der Waals surface area (Å²) in [6.45, 7) is 4.12. The van der Waals surface area contributed by atoms with Crippen LogP contribution in [0, 0.1) is 6.92 Å². The van der Waals surface area contributed by atoms with E-state index in [0.29, 0.717) is 6.61 Å². The van der Waals surface area contributed by atoms with Gasteiger partial charge in [0.2, 0.25) is 0 Å². The molecule has 2 aromatic rings. The van der Waals surface area contributed by atoms with E-state index < -0.39 is 0 Å². The summed E-state index contributed by atoms with van der Waals surface area (Å²) in [4.78, 5) is 10.9. The first-order valence-electron chi connectivity index (χ1n) is 7.52. The Bertz CT molecular complexity index is 660. The number of benzene rings is 1. The Balaban J connectivity index is 0.00000288. The molecule has 1 aromatic heterocycles. The second-order valence-electron chi connectivity index (χ2n) is 5.37. The molecule has 0 fully saturated rings. The van der Waals surface area contributed by atoms with E-state index >= 15 is 0 Å². The molecular weight excluding hydrogens is 435 g/mol. The summed E-state index contributed by atoms with van der Waals surface area (Å²) in [6, 6.07) is 8.37. The Kier molecular flexibility index (Phi) is 9.24. The number of nitrogens with zero attached hydrogens (tertiary/aromatic N) is 3. The Morgan fingerprint density at radius 1 is 1.38 bits per heavy atom. The fraction of sp³-hybridized carbons (Fsp3) is 0.412. The second-order valence-corrected chi connectivity index (χ2v) is 6.43. The Morgan fingerprint density at radius 2 is 2.12 bits per heavy atom. The van der Waals surface area contributed by atoms with Crippen LogP contribution in [0.5, 0.6) is 0 Å². The molecule has 0 unspecified atom stereocenters. The summed E-state index contributed by atoms with van der Waals surface area (Å²) in [5.74, 6) is 0.854. The fourth-order valence-corrected chi connectivity index (χ4v) is 2.96. The number of aryl methyl sites for hydroxylation is 1. The number of ether oxygens (including phenoxy) is 1.